The van der Waals surface area contributed by atoms with Crippen molar-refractivity contribution in [2.45, 2.75) is 32.2 Å². The van der Waals surface area contributed by atoms with E-state index in [4.69, 9.17) is 11.6 Å². The molecule has 0 saturated heterocycles. The molecule has 0 aliphatic rings. The predicted octanol–water partition coefficient (Wildman–Crippen LogP) is 4.03. The fourth-order valence-corrected chi connectivity index (χ4v) is 2.50. The summed E-state index contributed by atoms with van der Waals surface area (Å²) < 4.78 is 14.0. The molecule has 112 valence electrons. The lowest BCUT2D eigenvalue weighted by Crippen LogP contribution is -2.34. The maximum absolute atomic E-state index is 14.0. The zero-order chi connectivity index (χ0) is 15.1. The minimum atomic E-state index is -0.316. The molecule has 0 amide bonds. The molecule has 2 rings (SSSR count). The van der Waals surface area contributed by atoms with Crippen molar-refractivity contribution in [3.05, 3.63) is 64.7 Å². The largest absolute Gasteiger partial charge is 0.313 e. The van der Waals surface area contributed by atoms with E-state index >= 15 is 0 Å². The van der Waals surface area contributed by atoms with Crippen molar-refractivity contribution in [2.24, 2.45) is 0 Å². The predicted molar refractivity (Wildman–Crippen MR) is 85.1 cm³/mol. The van der Waals surface area contributed by atoms with E-state index in [2.05, 4.69) is 17.2 Å². The number of nitrogens with zero attached hydrogens (tertiary/aromatic N) is 1. The summed E-state index contributed by atoms with van der Waals surface area (Å²) in [7, 11) is 0. The van der Waals surface area contributed by atoms with Crippen LogP contribution in [0.5, 0.6) is 0 Å². The van der Waals surface area contributed by atoms with Crippen LogP contribution in [0.25, 0.3) is 0 Å². The van der Waals surface area contributed by atoms with Gasteiger partial charge < -0.3 is 5.32 Å². The van der Waals surface area contributed by atoms with Crippen LogP contribution in [-0.4, -0.2) is 17.6 Å². The molecule has 1 atom stereocenters. The molecule has 0 radical (unpaired) electrons. The standard InChI is InChI=1S/C17H20ClFN2/c1-2-9-20-15(12-14-7-3-4-10-21-14)11-13-6-5-8-16(18)17(13)19/h3-8,10,15,20H,2,9,11-12H2,1H3. The second kappa shape index (κ2) is 8.11. The Morgan fingerprint density at radius 3 is 2.76 bits per heavy atom. The second-order valence-corrected chi connectivity index (χ2v) is 5.50. The molecule has 21 heavy (non-hydrogen) atoms. The molecule has 0 bridgehead atoms. The molecule has 0 aliphatic carbocycles. The van der Waals surface area contributed by atoms with Gasteiger partial charge in [-0.15, -0.1) is 0 Å². The molecule has 1 aromatic carbocycles. The van der Waals surface area contributed by atoms with Crippen LogP contribution in [0.2, 0.25) is 5.02 Å². The summed E-state index contributed by atoms with van der Waals surface area (Å²) in [4.78, 5) is 4.35. The molecule has 0 fully saturated rings. The third-order valence-electron chi connectivity index (χ3n) is 3.36. The van der Waals surface area contributed by atoms with Gasteiger partial charge >= 0.3 is 0 Å². The first-order valence-corrected chi connectivity index (χ1v) is 7.64. The van der Waals surface area contributed by atoms with Gasteiger partial charge in [0.15, 0.2) is 0 Å². The van der Waals surface area contributed by atoms with Gasteiger partial charge in [0.2, 0.25) is 0 Å². The summed E-state index contributed by atoms with van der Waals surface area (Å²) in [6.45, 7) is 3.02. The maximum atomic E-state index is 14.0. The van der Waals surface area contributed by atoms with E-state index < -0.39 is 0 Å². The first kappa shape index (κ1) is 15.9. The Morgan fingerprint density at radius 1 is 1.19 bits per heavy atom. The number of benzene rings is 1. The van der Waals surface area contributed by atoms with Gasteiger partial charge in [-0.2, -0.15) is 0 Å². The van der Waals surface area contributed by atoms with E-state index in [0.29, 0.717) is 12.0 Å². The van der Waals surface area contributed by atoms with E-state index in [1.807, 2.05) is 18.2 Å². The Hall–Kier alpha value is -1.45. The summed E-state index contributed by atoms with van der Waals surface area (Å²) in [6, 6.07) is 11.2. The SMILES string of the molecule is CCCNC(Cc1ccccn1)Cc1cccc(Cl)c1F. The van der Waals surface area contributed by atoms with E-state index in [1.54, 1.807) is 24.4 Å². The van der Waals surface area contributed by atoms with Gasteiger partial charge in [-0.1, -0.05) is 36.7 Å². The lowest BCUT2D eigenvalue weighted by atomic mass is 10.0. The molecular formula is C17H20ClFN2. The molecule has 1 aromatic heterocycles. The topological polar surface area (TPSA) is 24.9 Å². The van der Waals surface area contributed by atoms with Crippen LogP contribution in [0.1, 0.15) is 24.6 Å². The van der Waals surface area contributed by atoms with Crippen LogP contribution in [-0.2, 0) is 12.8 Å². The average Bonchev–Trinajstić information content (AvgIpc) is 2.50. The lowest BCUT2D eigenvalue weighted by molar-refractivity contribution is 0.488. The van der Waals surface area contributed by atoms with Gasteiger partial charge in [0.05, 0.1) is 5.02 Å². The van der Waals surface area contributed by atoms with Gasteiger partial charge in [-0.3, -0.25) is 4.98 Å². The summed E-state index contributed by atoms with van der Waals surface area (Å²) in [5.74, 6) is -0.316. The number of rotatable bonds is 7. The van der Waals surface area contributed by atoms with Crippen molar-refractivity contribution in [2.75, 3.05) is 6.54 Å². The van der Waals surface area contributed by atoms with Crippen LogP contribution in [0, 0.1) is 5.82 Å². The molecule has 1 heterocycles. The quantitative estimate of drug-likeness (QED) is 0.835. The summed E-state index contributed by atoms with van der Waals surface area (Å²) in [5, 5.41) is 3.64. The van der Waals surface area contributed by atoms with Crippen LogP contribution in [0.4, 0.5) is 4.39 Å². The van der Waals surface area contributed by atoms with Crippen molar-refractivity contribution in [3.8, 4) is 0 Å². The molecule has 2 aromatic rings. The second-order valence-electron chi connectivity index (χ2n) is 5.09. The molecular weight excluding hydrogens is 287 g/mol. The van der Waals surface area contributed by atoms with Crippen molar-refractivity contribution >= 4 is 11.6 Å². The normalized spacial score (nSPS) is 12.3. The average molecular weight is 307 g/mol. The van der Waals surface area contributed by atoms with Gasteiger partial charge in [0, 0.05) is 24.4 Å². The summed E-state index contributed by atoms with van der Waals surface area (Å²) in [5.41, 5.74) is 1.65. The Balaban J connectivity index is 2.10. The fourth-order valence-electron chi connectivity index (χ4n) is 2.31. The first-order valence-electron chi connectivity index (χ1n) is 7.27. The fraction of sp³-hybridized carbons (Fsp3) is 0.353. The smallest absolute Gasteiger partial charge is 0.145 e. The van der Waals surface area contributed by atoms with Crippen LogP contribution >= 0.6 is 11.6 Å². The van der Waals surface area contributed by atoms with E-state index in [-0.39, 0.29) is 16.9 Å². The zero-order valence-electron chi connectivity index (χ0n) is 12.2. The minimum Gasteiger partial charge on any atom is -0.313 e. The van der Waals surface area contributed by atoms with Crippen LogP contribution in [0.15, 0.2) is 42.6 Å². The zero-order valence-corrected chi connectivity index (χ0v) is 12.9. The Kier molecular flexibility index (Phi) is 6.15. The highest BCUT2D eigenvalue weighted by Crippen LogP contribution is 2.19. The highest BCUT2D eigenvalue weighted by atomic mass is 35.5. The lowest BCUT2D eigenvalue weighted by Gasteiger charge is -2.19. The summed E-state index contributed by atoms with van der Waals surface area (Å²) in [6.07, 6.45) is 4.19. The van der Waals surface area contributed by atoms with Gasteiger partial charge in [-0.25, -0.2) is 4.39 Å². The van der Waals surface area contributed by atoms with E-state index in [0.717, 1.165) is 25.1 Å². The minimum absolute atomic E-state index is 0.146. The maximum Gasteiger partial charge on any atom is 0.145 e. The van der Waals surface area contributed by atoms with Crippen molar-refractivity contribution in [1.29, 1.82) is 0 Å². The Labute approximate surface area is 130 Å². The van der Waals surface area contributed by atoms with Crippen LogP contribution < -0.4 is 5.32 Å². The van der Waals surface area contributed by atoms with Crippen molar-refractivity contribution < 1.29 is 4.39 Å². The van der Waals surface area contributed by atoms with E-state index in [9.17, 15) is 4.39 Å². The molecule has 1 unspecified atom stereocenters. The number of halogens is 2. The van der Waals surface area contributed by atoms with Gasteiger partial charge in [-0.05, 0) is 43.1 Å². The number of hydrogen-bond donors (Lipinski definition) is 1. The van der Waals surface area contributed by atoms with Gasteiger partial charge in [0.25, 0.3) is 0 Å². The molecule has 0 spiro atoms. The molecule has 0 aliphatic heterocycles. The number of hydrogen-bond acceptors (Lipinski definition) is 2. The van der Waals surface area contributed by atoms with Crippen LogP contribution in [0.3, 0.4) is 0 Å². The third-order valence-corrected chi connectivity index (χ3v) is 3.65. The van der Waals surface area contributed by atoms with Crippen molar-refractivity contribution in [1.82, 2.24) is 10.3 Å². The molecule has 0 saturated carbocycles. The van der Waals surface area contributed by atoms with E-state index in [1.165, 1.54) is 0 Å². The molecule has 4 heteroatoms. The number of pyridine rings is 1. The monoisotopic (exact) mass is 306 g/mol. The molecule has 2 nitrogen and oxygen atoms in total. The highest BCUT2D eigenvalue weighted by Gasteiger charge is 2.14. The number of nitrogens with one attached hydrogen (secondary N) is 1. The Bertz CT molecular complexity index is 560. The number of aromatic nitrogens is 1. The summed E-state index contributed by atoms with van der Waals surface area (Å²) >= 11 is 5.85. The Morgan fingerprint density at radius 2 is 2.05 bits per heavy atom. The highest BCUT2D eigenvalue weighted by molar-refractivity contribution is 6.30. The molecule has 1 N–H and O–H groups in total. The van der Waals surface area contributed by atoms with Gasteiger partial charge in [0.1, 0.15) is 5.82 Å². The first-order chi connectivity index (χ1) is 10.2. The van der Waals surface area contributed by atoms with Crippen molar-refractivity contribution in [3.63, 3.8) is 0 Å². The third kappa shape index (κ3) is 4.80.